The Bertz CT molecular complexity index is 962. The van der Waals surface area contributed by atoms with Crippen molar-refractivity contribution in [2.24, 2.45) is 5.41 Å². The number of aliphatic carboxylic acids is 2. The number of carboxylic acids is 2. The van der Waals surface area contributed by atoms with Gasteiger partial charge in [0.25, 0.3) is 0 Å². The van der Waals surface area contributed by atoms with Gasteiger partial charge in [0.15, 0.2) is 5.60 Å². The minimum absolute atomic E-state index is 0.294. The minimum Gasteiger partial charge on any atom is -0.481 e. The van der Waals surface area contributed by atoms with Gasteiger partial charge in [0.2, 0.25) is 0 Å². The molecule has 0 amide bonds. The Morgan fingerprint density at radius 1 is 1.14 bits per heavy atom. The van der Waals surface area contributed by atoms with Gasteiger partial charge in [-0.25, -0.2) is 19.2 Å². The smallest absolute Gasteiger partial charge is 0.336 e. The highest BCUT2D eigenvalue weighted by Gasteiger charge is 2.53. The zero-order valence-corrected chi connectivity index (χ0v) is 15.7. The van der Waals surface area contributed by atoms with Crippen LogP contribution in [0.3, 0.4) is 0 Å². The van der Waals surface area contributed by atoms with Crippen LogP contribution in [0, 0.1) is 11.2 Å². The van der Waals surface area contributed by atoms with Crippen LogP contribution in [0.1, 0.15) is 36.2 Å². The summed E-state index contributed by atoms with van der Waals surface area (Å²) in [6.07, 6.45) is 4.69. The van der Waals surface area contributed by atoms with Crippen LogP contribution in [0.15, 0.2) is 48.8 Å². The second-order valence-corrected chi connectivity index (χ2v) is 7.53. The molecule has 0 saturated heterocycles. The molecule has 8 heteroatoms. The number of aryl methyl sites for hydroxylation is 2. The maximum atomic E-state index is 13.0. The summed E-state index contributed by atoms with van der Waals surface area (Å²) >= 11 is 0. The molecule has 152 valence electrons. The lowest BCUT2D eigenvalue weighted by Gasteiger charge is -2.39. The molecule has 2 aromatic rings. The first-order valence-corrected chi connectivity index (χ1v) is 9.08. The maximum Gasteiger partial charge on any atom is 0.336 e. The molecule has 0 fully saturated rings. The molecule has 1 aliphatic rings. The van der Waals surface area contributed by atoms with E-state index in [9.17, 15) is 29.3 Å². The first-order chi connectivity index (χ1) is 13.6. The van der Waals surface area contributed by atoms with Gasteiger partial charge in [-0.3, -0.25) is 4.79 Å². The van der Waals surface area contributed by atoms with E-state index in [1.807, 2.05) is 0 Å². The summed E-state index contributed by atoms with van der Waals surface area (Å²) in [6.45, 7) is 1.37. The lowest BCUT2D eigenvalue weighted by Crippen LogP contribution is -2.51. The number of halogens is 1. The highest BCUT2D eigenvalue weighted by Crippen LogP contribution is 2.44. The van der Waals surface area contributed by atoms with Gasteiger partial charge < -0.3 is 15.3 Å². The van der Waals surface area contributed by atoms with Crippen molar-refractivity contribution in [3.05, 3.63) is 71.6 Å². The first-order valence-electron chi connectivity index (χ1n) is 9.08. The van der Waals surface area contributed by atoms with E-state index in [1.165, 1.54) is 37.5 Å². The highest BCUT2D eigenvalue weighted by molar-refractivity contribution is 5.84. The fourth-order valence-corrected chi connectivity index (χ4v) is 3.54. The number of aliphatic hydroxyl groups is 1. The topological polar surface area (TPSA) is 121 Å². The van der Waals surface area contributed by atoms with Crippen LogP contribution < -0.4 is 0 Å². The first kappa shape index (κ1) is 20.6. The van der Waals surface area contributed by atoms with Gasteiger partial charge in [-0.2, -0.15) is 0 Å². The summed E-state index contributed by atoms with van der Waals surface area (Å²) in [4.78, 5) is 31.7. The summed E-state index contributed by atoms with van der Waals surface area (Å²) in [6, 6.07) is 7.71. The third kappa shape index (κ3) is 4.17. The van der Waals surface area contributed by atoms with Crippen LogP contribution in [-0.2, 0) is 22.4 Å². The molecule has 0 bridgehead atoms. The monoisotopic (exact) mass is 400 g/mol. The Labute approximate surface area is 166 Å². The summed E-state index contributed by atoms with van der Waals surface area (Å²) in [7, 11) is 0. The van der Waals surface area contributed by atoms with Crippen LogP contribution in [0.5, 0.6) is 0 Å². The minimum atomic E-state index is -2.32. The van der Waals surface area contributed by atoms with Gasteiger partial charge in [0, 0.05) is 12.1 Å². The number of hydrogen-bond acceptors (Lipinski definition) is 5. The molecule has 3 N–H and O–H groups in total. The molecule has 1 aromatic carbocycles. The van der Waals surface area contributed by atoms with Crippen LogP contribution in [0.4, 0.5) is 4.39 Å². The van der Waals surface area contributed by atoms with Crippen molar-refractivity contribution in [3.63, 3.8) is 0 Å². The molecule has 3 unspecified atom stereocenters. The maximum absolute atomic E-state index is 13.0. The van der Waals surface area contributed by atoms with Gasteiger partial charge in [0.1, 0.15) is 12.1 Å². The Kier molecular flexibility index (Phi) is 5.48. The highest BCUT2D eigenvalue weighted by atomic mass is 19.1. The van der Waals surface area contributed by atoms with Crippen molar-refractivity contribution in [2.45, 2.75) is 37.7 Å². The summed E-state index contributed by atoms with van der Waals surface area (Å²) < 4.78 is 13.0. The zero-order chi connectivity index (χ0) is 21.2. The van der Waals surface area contributed by atoms with Crippen LogP contribution >= 0.6 is 0 Å². The van der Waals surface area contributed by atoms with Gasteiger partial charge in [-0.15, -0.1) is 0 Å². The number of benzene rings is 1. The molecular weight excluding hydrogens is 379 g/mol. The molecular formula is C21H21FN2O5. The average Bonchev–Trinajstić information content (AvgIpc) is 2.67. The molecule has 0 spiro atoms. The summed E-state index contributed by atoms with van der Waals surface area (Å²) in [5.74, 6) is -4.05. The number of hydrogen-bond donors (Lipinski definition) is 3. The van der Waals surface area contributed by atoms with Crippen LogP contribution in [-0.4, -0.2) is 42.8 Å². The average molecular weight is 400 g/mol. The van der Waals surface area contributed by atoms with E-state index < -0.39 is 35.3 Å². The Hall–Kier alpha value is -3.13. The van der Waals surface area contributed by atoms with Crippen LogP contribution in [0.2, 0.25) is 0 Å². The molecule has 1 aliphatic carbocycles. The van der Waals surface area contributed by atoms with Gasteiger partial charge in [-0.05, 0) is 43.5 Å². The van der Waals surface area contributed by atoms with E-state index in [1.54, 1.807) is 18.2 Å². The fraction of sp³-hybridized carbons (Fsp3) is 0.333. The van der Waals surface area contributed by atoms with E-state index in [0.29, 0.717) is 24.2 Å². The second kappa shape index (κ2) is 7.71. The third-order valence-corrected chi connectivity index (χ3v) is 5.31. The summed E-state index contributed by atoms with van der Waals surface area (Å²) in [5, 5.41) is 29.9. The number of carbonyl (C=O) groups is 2. The molecule has 1 heterocycles. The van der Waals surface area contributed by atoms with E-state index in [4.69, 9.17) is 0 Å². The van der Waals surface area contributed by atoms with Gasteiger partial charge in [-0.1, -0.05) is 24.3 Å². The number of carboxylic acid groups (broad SMARTS) is 2. The van der Waals surface area contributed by atoms with Crippen molar-refractivity contribution >= 4 is 11.9 Å². The lowest BCUT2D eigenvalue weighted by atomic mass is 9.67. The molecule has 3 atom stereocenters. The third-order valence-electron chi connectivity index (χ3n) is 5.31. The quantitative estimate of drug-likeness (QED) is 0.637. The molecule has 3 rings (SSSR count). The van der Waals surface area contributed by atoms with Crippen molar-refractivity contribution < 1.29 is 29.3 Å². The SMILES string of the molecule is CC1(C(=O)O)C=CC(c2cc(CCc3ccc(F)cc3)ncn2)C(O)(C(=O)O)C1. The molecule has 29 heavy (non-hydrogen) atoms. The summed E-state index contributed by atoms with van der Waals surface area (Å²) in [5.41, 5.74) is -1.97. The molecule has 7 nitrogen and oxygen atoms in total. The lowest BCUT2D eigenvalue weighted by molar-refractivity contribution is -0.167. The van der Waals surface area contributed by atoms with E-state index in [-0.39, 0.29) is 5.82 Å². The van der Waals surface area contributed by atoms with E-state index in [0.717, 1.165) is 5.56 Å². The van der Waals surface area contributed by atoms with Gasteiger partial charge in [0.05, 0.1) is 17.0 Å². The second-order valence-electron chi connectivity index (χ2n) is 7.53. The normalized spacial score (nSPS) is 26.2. The predicted octanol–water partition coefficient (Wildman–Crippen LogP) is 2.35. The molecule has 0 aliphatic heterocycles. The Morgan fingerprint density at radius 3 is 2.45 bits per heavy atom. The van der Waals surface area contributed by atoms with E-state index in [2.05, 4.69) is 9.97 Å². The molecule has 0 radical (unpaired) electrons. The van der Waals surface area contributed by atoms with Crippen molar-refractivity contribution in [1.29, 1.82) is 0 Å². The molecule has 0 saturated carbocycles. The van der Waals surface area contributed by atoms with Crippen molar-refractivity contribution in [3.8, 4) is 0 Å². The largest absolute Gasteiger partial charge is 0.481 e. The van der Waals surface area contributed by atoms with Crippen molar-refractivity contribution in [2.75, 3.05) is 0 Å². The number of nitrogens with zero attached hydrogens (tertiary/aromatic N) is 2. The fourth-order valence-electron chi connectivity index (χ4n) is 3.54. The molecule has 1 aromatic heterocycles. The Morgan fingerprint density at radius 2 is 1.83 bits per heavy atom. The predicted molar refractivity (Wildman–Crippen MR) is 101 cm³/mol. The number of aromatic nitrogens is 2. The van der Waals surface area contributed by atoms with Gasteiger partial charge >= 0.3 is 11.9 Å². The standard InChI is InChI=1S/C21H21FN2O5/c1-20(18(25)26)9-8-16(21(29,11-20)19(27)28)17-10-15(23-12-24-17)7-4-13-2-5-14(22)6-3-13/h2-3,5-6,8-10,12,16,29H,4,7,11H2,1H3,(H,25,26)(H,27,28). The van der Waals surface area contributed by atoms with E-state index >= 15 is 0 Å². The zero-order valence-electron chi connectivity index (χ0n) is 15.7. The van der Waals surface area contributed by atoms with Crippen LogP contribution in [0.25, 0.3) is 0 Å². The van der Waals surface area contributed by atoms with Crippen molar-refractivity contribution in [1.82, 2.24) is 9.97 Å². The number of rotatable bonds is 6. The Balaban J connectivity index is 1.87.